The van der Waals surface area contributed by atoms with Gasteiger partial charge in [-0.25, -0.2) is 19.1 Å². The first-order valence-electron chi connectivity index (χ1n) is 13.4. The summed E-state index contributed by atoms with van der Waals surface area (Å²) in [6, 6.07) is 22.9. The van der Waals surface area contributed by atoms with Crippen LogP contribution in [-0.4, -0.2) is 30.4 Å². The molecule has 1 N–H and O–H groups in total. The number of hydrogen-bond acceptors (Lipinski definition) is 6. The lowest BCUT2D eigenvalue weighted by atomic mass is 9.97. The molecule has 5 rings (SSSR count). The summed E-state index contributed by atoms with van der Waals surface area (Å²) < 4.78 is 10.00. The molecule has 2 heterocycles. The number of hydrogen-bond donors (Lipinski definition) is 1. The van der Waals surface area contributed by atoms with Crippen molar-refractivity contribution in [1.82, 2.24) is 18.7 Å². The van der Waals surface area contributed by atoms with Crippen molar-refractivity contribution in [2.75, 3.05) is 5.32 Å². The van der Waals surface area contributed by atoms with Gasteiger partial charge in [-0.15, -0.1) is 0 Å². The van der Waals surface area contributed by atoms with Crippen molar-refractivity contribution >= 4 is 22.7 Å². The summed E-state index contributed by atoms with van der Waals surface area (Å²) in [5.74, 6) is -0.181. The molecule has 42 heavy (non-hydrogen) atoms. The van der Waals surface area contributed by atoms with E-state index in [1.165, 1.54) is 0 Å². The molecule has 1 amide bonds. The van der Waals surface area contributed by atoms with Gasteiger partial charge in [0.25, 0.3) is 5.56 Å². The van der Waals surface area contributed by atoms with E-state index in [-0.39, 0.29) is 12.5 Å². The molecule has 0 aliphatic rings. The Bertz CT molecular complexity index is 1870. The average molecular weight is 563 g/mol. The zero-order valence-corrected chi connectivity index (χ0v) is 23.5. The van der Waals surface area contributed by atoms with Gasteiger partial charge >= 0.3 is 11.8 Å². The van der Waals surface area contributed by atoms with Crippen LogP contribution in [0.2, 0.25) is 0 Å². The molecule has 0 aliphatic carbocycles. The summed E-state index contributed by atoms with van der Waals surface area (Å²) in [6.07, 6.45) is 4.66. The number of rotatable bonds is 7. The topological polar surface area (TPSA) is 124 Å². The highest BCUT2D eigenvalue weighted by molar-refractivity contribution is 5.85. The number of fused-ring (bicyclic) bond motifs is 1. The molecular formula is C32H30N6O4. The van der Waals surface area contributed by atoms with Gasteiger partial charge in [0.2, 0.25) is 0 Å². The first-order valence-corrected chi connectivity index (χ1v) is 13.4. The number of nitrogens with zero attached hydrogens (tertiary/aromatic N) is 5. The number of para-hydroxylation sites is 1. The fourth-order valence-electron chi connectivity index (χ4n) is 4.81. The summed E-state index contributed by atoms with van der Waals surface area (Å²) >= 11 is 0. The monoisotopic (exact) mass is 562 g/mol. The maximum atomic E-state index is 14.1. The lowest BCUT2D eigenvalue weighted by Gasteiger charge is -2.22. The van der Waals surface area contributed by atoms with Crippen molar-refractivity contribution in [3.8, 4) is 11.8 Å². The predicted molar refractivity (Wildman–Crippen MR) is 160 cm³/mol. The zero-order chi connectivity index (χ0) is 29.9. The van der Waals surface area contributed by atoms with Gasteiger partial charge in [-0.2, -0.15) is 5.26 Å². The van der Waals surface area contributed by atoms with Gasteiger partial charge in [0, 0.05) is 37.1 Å². The van der Waals surface area contributed by atoms with Crippen LogP contribution >= 0.6 is 0 Å². The molecule has 1 atom stereocenters. The largest absolute Gasteiger partial charge is 0.444 e. The van der Waals surface area contributed by atoms with Gasteiger partial charge in [0.15, 0.2) is 0 Å². The van der Waals surface area contributed by atoms with E-state index in [4.69, 9.17) is 4.74 Å². The van der Waals surface area contributed by atoms with Gasteiger partial charge in [-0.05, 0) is 74.9 Å². The number of nitriles is 1. The van der Waals surface area contributed by atoms with E-state index in [0.29, 0.717) is 34.4 Å². The van der Waals surface area contributed by atoms with Crippen LogP contribution in [0.15, 0.2) is 101 Å². The molecule has 10 heteroatoms. The minimum Gasteiger partial charge on any atom is -0.444 e. The van der Waals surface area contributed by atoms with Crippen LogP contribution in [0, 0.1) is 11.3 Å². The second kappa shape index (κ2) is 11.6. The molecule has 0 aliphatic heterocycles. The van der Waals surface area contributed by atoms with Crippen molar-refractivity contribution in [3.63, 3.8) is 0 Å². The fraction of sp³-hybridized carbons (Fsp3) is 0.219. The lowest BCUT2D eigenvalue weighted by Crippen LogP contribution is -2.40. The molecule has 0 fully saturated rings. The van der Waals surface area contributed by atoms with Crippen LogP contribution in [0.3, 0.4) is 0 Å². The van der Waals surface area contributed by atoms with E-state index in [1.54, 1.807) is 98.5 Å². The summed E-state index contributed by atoms with van der Waals surface area (Å²) in [4.78, 5) is 44.0. The van der Waals surface area contributed by atoms with E-state index >= 15 is 0 Å². The van der Waals surface area contributed by atoms with Crippen LogP contribution in [0.5, 0.6) is 0 Å². The standard InChI is InChI=1S/C32H30N6O4/c1-32(2,3)42-30(40)35-25-12-14-26(15-13-25)38-29(39)27-6-4-5-7-28(27)37(31(38)41)20-24(19-36-17-16-34-21-36)23-10-8-22(18-33)9-11-23/h4-17,21,24H,19-20H2,1-3H3,(H,35,40). The average Bonchev–Trinajstić information content (AvgIpc) is 3.48. The Morgan fingerprint density at radius 2 is 1.71 bits per heavy atom. The summed E-state index contributed by atoms with van der Waals surface area (Å²) in [7, 11) is 0. The highest BCUT2D eigenvalue weighted by atomic mass is 16.6. The quantitative estimate of drug-likeness (QED) is 0.296. The van der Waals surface area contributed by atoms with Crippen LogP contribution in [0.25, 0.3) is 16.6 Å². The van der Waals surface area contributed by atoms with Gasteiger partial charge in [0.1, 0.15) is 5.60 Å². The van der Waals surface area contributed by atoms with E-state index in [2.05, 4.69) is 16.4 Å². The molecule has 212 valence electrons. The van der Waals surface area contributed by atoms with Crippen molar-refractivity contribution in [1.29, 1.82) is 5.26 Å². The number of carbonyl (C=O) groups excluding carboxylic acids is 1. The Morgan fingerprint density at radius 3 is 2.36 bits per heavy atom. The first kappa shape index (κ1) is 28.1. The number of aromatic nitrogens is 4. The van der Waals surface area contributed by atoms with Crippen LogP contribution in [-0.2, 0) is 17.8 Å². The minimum atomic E-state index is -0.652. The van der Waals surface area contributed by atoms with E-state index in [1.807, 2.05) is 22.9 Å². The van der Waals surface area contributed by atoms with E-state index in [0.717, 1.165) is 10.1 Å². The molecule has 0 saturated carbocycles. The van der Waals surface area contributed by atoms with Crippen LogP contribution in [0.1, 0.15) is 37.8 Å². The number of ether oxygens (including phenoxy) is 1. The second-order valence-corrected chi connectivity index (χ2v) is 10.9. The minimum absolute atomic E-state index is 0.181. The molecule has 0 radical (unpaired) electrons. The normalized spacial score (nSPS) is 12.0. The zero-order valence-electron chi connectivity index (χ0n) is 23.5. The Kier molecular flexibility index (Phi) is 7.76. The third kappa shape index (κ3) is 6.15. The Morgan fingerprint density at radius 1 is 1.00 bits per heavy atom. The number of nitrogens with one attached hydrogen (secondary N) is 1. The molecule has 1 unspecified atom stereocenters. The number of carbonyl (C=O) groups is 1. The van der Waals surface area contributed by atoms with Crippen molar-refractivity contribution in [2.45, 2.75) is 45.4 Å². The highest BCUT2D eigenvalue weighted by Gasteiger charge is 2.20. The van der Waals surface area contributed by atoms with Gasteiger partial charge in [0.05, 0.1) is 34.6 Å². The molecular weight excluding hydrogens is 532 g/mol. The summed E-state index contributed by atoms with van der Waals surface area (Å²) in [5.41, 5.74) is 1.25. The summed E-state index contributed by atoms with van der Waals surface area (Å²) in [5, 5.41) is 12.3. The van der Waals surface area contributed by atoms with E-state index < -0.39 is 22.9 Å². The number of amides is 1. The fourth-order valence-corrected chi connectivity index (χ4v) is 4.81. The highest BCUT2D eigenvalue weighted by Crippen LogP contribution is 2.23. The van der Waals surface area contributed by atoms with Gasteiger partial charge in [-0.1, -0.05) is 24.3 Å². The molecule has 2 aromatic heterocycles. The molecule has 3 aromatic carbocycles. The van der Waals surface area contributed by atoms with Gasteiger partial charge < -0.3 is 9.30 Å². The third-order valence-electron chi connectivity index (χ3n) is 6.73. The van der Waals surface area contributed by atoms with E-state index in [9.17, 15) is 19.6 Å². The molecule has 0 bridgehead atoms. The maximum Gasteiger partial charge on any atom is 0.412 e. The SMILES string of the molecule is CC(C)(C)OC(=O)Nc1ccc(-n2c(=O)c3ccccc3n(CC(Cn3ccnc3)c3ccc(C#N)cc3)c2=O)cc1. The molecule has 5 aromatic rings. The van der Waals surface area contributed by atoms with Crippen molar-refractivity contribution in [3.05, 3.63) is 123 Å². The lowest BCUT2D eigenvalue weighted by molar-refractivity contribution is 0.0636. The Hall–Kier alpha value is -5.43. The Labute approximate surface area is 242 Å². The van der Waals surface area contributed by atoms with Gasteiger partial charge in [-0.3, -0.25) is 14.7 Å². The predicted octanol–water partition coefficient (Wildman–Crippen LogP) is 5.05. The summed E-state index contributed by atoms with van der Waals surface area (Å²) in [6.45, 7) is 6.11. The van der Waals surface area contributed by atoms with Crippen molar-refractivity contribution < 1.29 is 9.53 Å². The maximum absolute atomic E-state index is 14.1. The molecule has 10 nitrogen and oxygen atoms in total. The number of imidazole rings is 1. The first-order chi connectivity index (χ1) is 20.1. The van der Waals surface area contributed by atoms with Crippen LogP contribution in [0.4, 0.5) is 10.5 Å². The molecule has 0 saturated heterocycles. The second-order valence-electron chi connectivity index (χ2n) is 10.9. The molecule has 0 spiro atoms. The third-order valence-corrected chi connectivity index (χ3v) is 6.73. The Balaban J connectivity index is 1.56. The number of anilines is 1. The van der Waals surface area contributed by atoms with Crippen molar-refractivity contribution in [2.24, 2.45) is 0 Å². The smallest absolute Gasteiger partial charge is 0.412 e. The number of benzene rings is 3. The van der Waals surface area contributed by atoms with Crippen LogP contribution < -0.4 is 16.6 Å².